The van der Waals surface area contributed by atoms with Crippen molar-refractivity contribution in [3.05, 3.63) is 65.7 Å². The monoisotopic (exact) mass is 498 g/mol. The van der Waals surface area contributed by atoms with Gasteiger partial charge < -0.3 is 14.4 Å². The quantitative estimate of drug-likeness (QED) is 0.563. The van der Waals surface area contributed by atoms with Gasteiger partial charge in [-0.3, -0.25) is 4.79 Å². The van der Waals surface area contributed by atoms with Gasteiger partial charge in [0.05, 0.1) is 17.7 Å². The Morgan fingerprint density at radius 2 is 1.66 bits per heavy atom. The Morgan fingerprint density at radius 1 is 1.06 bits per heavy atom. The van der Waals surface area contributed by atoms with Crippen molar-refractivity contribution in [3.63, 3.8) is 0 Å². The molecule has 0 aromatic heterocycles. The van der Waals surface area contributed by atoms with Gasteiger partial charge in [-0.05, 0) is 62.0 Å². The van der Waals surface area contributed by atoms with Crippen molar-refractivity contribution < 1.29 is 17.4 Å². The van der Waals surface area contributed by atoms with E-state index in [-0.39, 0.29) is 43.6 Å². The molecular weight excluding hydrogens is 468 g/mol. The summed E-state index contributed by atoms with van der Waals surface area (Å²) >= 11 is 0. The lowest BCUT2D eigenvalue weighted by molar-refractivity contribution is -0.124. The highest BCUT2D eigenvalue weighted by Gasteiger charge is 2.51. The van der Waals surface area contributed by atoms with Crippen LogP contribution in [-0.2, 0) is 20.3 Å². The van der Waals surface area contributed by atoms with Gasteiger partial charge >= 0.3 is 10.1 Å². The van der Waals surface area contributed by atoms with Crippen LogP contribution in [-0.4, -0.2) is 45.1 Å². The maximum Gasteiger partial charge on any atom is 0.306 e. The molecule has 2 aromatic carbocycles. The van der Waals surface area contributed by atoms with Crippen molar-refractivity contribution in [2.75, 3.05) is 25.9 Å². The highest BCUT2D eigenvalue weighted by molar-refractivity contribution is 7.86. The summed E-state index contributed by atoms with van der Waals surface area (Å²) in [6, 6.07) is 16.9. The van der Waals surface area contributed by atoms with Crippen LogP contribution in [0.5, 0.6) is 5.75 Å². The molecule has 176 valence electrons. The maximum atomic E-state index is 13.3. The predicted octanol–water partition coefficient (Wildman–Crippen LogP) is 3.54. The zero-order valence-corrected chi connectivity index (χ0v) is 20.8. The van der Waals surface area contributed by atoms with Crippen LogP contribution >= 0.6 is 25.9 Å². The Balaban J connectivity index is 0.00000181. The Morgan fingerprint density at radius 3 is 2.19 bits per heavy atom. The first-order chi connectivity index (χ1) is 14.4. The molecule has 0 unspecified atom stereocenters. The molecule has 6 nitrogen and oxygen atoms in total. The van der Waals surface area contributed by atoms with Crippen LogP contribution < -0.4 is 9.50 Å². The van der Waals surface area contributed by atoms with Crippen molar-refractivity contribution in [2.24, 2.45) is 0 Å². The smallest absolute Gasteiger partial charge is 0.306 e. The number of halogens is 1. The lowest BCUT2D eigenvalue weighted by Crippen LogP contribution is -2.41. The molecule has 0 bridgehead atoms. The van der Waals surface area contributed by atoms with Gasteiger partial charge in [0, 0.05) is 6.54 Å². The number of nitrogens with one attached hydrogen (secondary N) is 1. The van der Waals surface area contributed by atoms with Gasteiger partial charge in [0.1, 0.15) is 5.75 Å². The third kappa shape index (κ3) is 6.41. The molecule has 1 atom stereocenters. The topological polar surface area (TPSA) is 75.7 Å². The first kappa shape index (κ1) is 26.5. The lowest BCUT2D eigenvalue weighted by Gasteiger charge is -2.27. The van der Waals surface area contributed by atoms with Gasteiger partial charge in [0.15, 0.2) is 0 Å². The van der Waals surface area contributed by atoms with Crippen molar-refractivity contribution in [2.45, 2.75) is 37.1 Å². The molecule has 32 heavy (non-hydrogen) atoms. The maximum absolute atomic E-state index is 13.3. The second-order valence-electron chi connectivity index (χ2n) is 8.34. The third-order valence-corrected chi connectivity index (χ3v) is 6.48. The van der Waals surface area contributed by atoms with Crippen molar-refractivity contribution in [1.29, 1.82) is 0 Å². The van der Waals surface area contributed by atoms with E-state index in [0.717, 1.165) is 49.9 Å². The van der Waals surface area contributed by atoms with Crippen molar-refractivity contribution in [3.8, 4) is 5.75 Å². The summed E-state index contributed by atoms with van der Waals surface area (Å²) in [5.41, 5.74) is 1.47. The zero-order valence-electron chi connectivity index (χ0n) is 18.1. The van der Waals surface area contributed by atoms with Crippen LogP contribution in [0.3, 0.4) is 0 Å². The van der Waals surface area contributed by atoms with E-state index >= 15 is 0 Å². The Labute approximate surface area is 203 Å². The Hall–Kier alpha value is -1.74. The number of nitrogens with zero attached hydrogens (tertiary/aromatic N) is 1. The Bertz CT molecular complexity index is 990. The van der Waals surface area contributed by atoms with E-state index in [4.69, 9.17) is 4.18 Å². The fourth-order valence-electron chi connectivity index (χ4n) is 4.22. The molecule has 4 rings (SSSR count). The standard InChI is InChI=1S/C23H28N2O4S.ClH.H2S/c1-30(27,28)29-20-11-9-19(10-12-20)23(13-14-23)22(26)24-21(17-25-15-5-6-16-25)18-7-3-2-4-8-18;;/h2-4,7-12,21H,5-6,13-17H2,1H3,(H,24,26);1H;1H2/t21-;;/m1../s1. The number of carbonyl (C=O) groups is 1. The second-order valence-corrected chi connectivity index (χ2v) is 9.91. The van der Waals surface area contributed by atoms with E-state index < -0.39 is 15.5 Å². The van der Waals surface area contributed by atoms with E-state index in [1.807, 2.05) is 18.2 Å². The molecule has 1 heterocycles. The number of hydrogen-bond donors (Lipinski definition) is 1. The molecule has 2 fully saturated rings. The molecule has 1 amide bonds. The van der Waals surface area contributed by atoms with Gasteiger partial charge in [-0.1, -0.05) is 42.5 Å². The van der Waals surface area contributed by atoms with E-state index in [1.54, 1.807) is 24.3 Å². The van der Waals surface area contributed by atoms with Crippen LogP contribution in [0.1, 0.15) is 42.9 Å². The molecular formula is C23H31ClN2O4S2. The molecule has 1 aliphatic carbocycles. The number of hydrogen-bond acceptors (Lipinski definition) is 5. The molecule has 1 saturated heterocycles. The van der Waals surface area contributed by atoms with Crippen LogP contribution in [0, 0.1) is 0 Å². The zero-order chi connectivity index (χ0) is 21.2. The minimum absolute atomic E-state index is 0. The fourth-order valence-corrected chi connectivity index (χ4v) is 4.68. The first-order valence-electron chi connectivity index (χ1n) is 10.4. The number of rotatable bonds is 8. The third-order valence-electron chi connectivity index (χ3n) is 5.99. The molecule has 2 aromatic rings. The summed E-state index contributed by atoms with van der Waals surface area (Å²) in [5.74, 6) is 0.293. The molecule has 1 saturated carbocycles. The SMILES string of the molecule is CS(=O)(=O)Oc1ccc(C2(C(=O)N[C@H](CN3CCCC3)c3ccccc3)CC2)cc1.Cl.S. The first-order valence-corrected chi connectivity index (χ1v) is 12.3. The van der Waals surface area contributed by atoms with E-state index in [0.29, 0.717) is 0 Å². The van der Waals surface area contributed by atoms with E-state index in [9.17, 15) is 13.2 Å². The predicted molar refractivity (Wildman–Crippen MR) is 133 cm³/mol. The molecule has 0 spiro atoms. The number of amides is 1. The molecule has 1 N–H and O–H groups in total. The molecule has 1 aliphatic heterocycles. The summed E-state index contributed by atoms with van der Waals surface area (Å²) in [7, 11) is -3.57. The fraction of sp³-hybridized carbons (Fsp3) is 0.435. The highest BCUT2D eigenvalue weighted by Crippen LogP contribution is 2.49. The van der Waals surface area contributed by atoms with Crippen LogP contribution in [0.4, 0.5) is 0 Å². The van der Waals surface area contributed by atoms with Gasteiger partial charge in [-0.15, -0.1) is 12.4 Å². The summed E-state index contributed by atoms with van der Waals surface area (Å²) in [5, 5.41) is 3.31. The average Bonchev–Trinajstić information content (AvgIpc) is 3.37. The minimum atomic E-state index is -3.57. The summed E-state index contributed by atoms with van der Waals surface area (Å²) < 4.78 is 27.5. The van der Waals surface area contributed by atoms with Crippen LogP contribution in [0.15, 0.2) is 54.6 Å². The Kier molecular flexibility index (Phi) is 9.05. The van der Waals surface area contributed by atoms with E-state index in [1.165, 1.54) is 12.8 Å². The minimum Gasteiger partial charge on any atom is -0.383 e. The highest BCUT2D eigenvalue weighted by atomic mass is 35.5. The van der Waals surface area contributed by atoms with Gasteiger partial charge in [-0.2, -0.15) is 21.9 Å². The van der Waals surface area contributed by atoms with Crippen LogP contribution in [0.2, 0.25) is 0 Å². The molecule has 0 radical (unpaired) electrons. The summed E-state index contributed by atoms with van der Waals surface area (Å²) in [6.45, 7) is 2.96. The largest absolute Gasteiger partial charge is 0.383 e. The van der Waals surface area contributed by atoms with Gasteiger partial charge in [-0.25, -0.2) is 0 Å². The molecule has 2 aliphatic rings. The van der Waals surface area contributed by atoms with Crippen molar-refractivity contribution in [1.82, 2.24) is 10.2 Å². The van der Waals surface area contributed by atoms with Gasteiger partial charge in [0.2, 0.25) is 5.91 Å². The number of likely N-dealkylation sites (tertiary alicyclic amines) is 1. The molecule has 9 heteroatoms. The number of benzene rings is 2. The van der Waals surface area contributed by atoms with E-state index in [2.05, 4.69) is 22.3 Å². The van der Waals surface area contributed by atoms with Crippen molar-refractivity contribution >= 4 is 41.9 Å². The second kappa shape index (κ2) is 10.9. The van der Waals surface area contributed by atoms with Crippen LogP contribution in [0.25, 0.3) is 0 Å². The number of carbonyl (C=O) groups excluding carboxylic acids is 1. The summed E-state index contributed by atoms with van der Waals surface area (Å²) in [6.07, 6.45) is 5.01. The lowest BCUT2D eigenvalue weighted by atomic mass is 9.94. The van der Waals surface area contributed by atoms with Gasteiger partial charge in [0.25, 0.3) is 0 Å². The normalized spacial score (nSPS) is 18.0. The summed E-state index contributed by atoms with van der Waals surface area (Å²) in [4.78, 5) is 15.8. The average molecular weight is 499 g/mol.